The lowest BCUT2D eigenvalue weighted by molar-refractivity contribution is 0.443. The molecule has 1 atom stereocenters. The van der Waals surface area contributed by atoms with Gasteiger partial charge in [-0.05, 0) is 29.9 Å². The van der Waals surface area contributed by atoms with E-state index in [0.29, 0.717) is 11.2 Å². The molecule has 1 aromatic heterocycles. The number of aromatic nitrogens is 4. The Labute approximate surface area is 77.3 Å². The molecule has 0 bridgehead atoms. The van der Waals surface area contributed by atoms with Gasteiger partial charge in [0, 0.05) is 0 Å². The molecule has 1 fully saturated rings. The summed E-state index contributed by atoms with van der Waals surface area (Å²) in [6.45, 7) is 2.25. The molecule has 5 heteroatoms. The maximum absolute atomic E-state index is 5.96. The standard InChI is InChI=1S/C8H15N5/c1-8(3-4-8)5-6(9)7-10-12-13(2)11-7/h6H,3-5,9H2,1-2H3. The van der Waals surface area contributed by atoms with Crippen LogP contribution in [0.1, 0.15) is 38.1 Å². The molecule has 2 N–H and O–H groups in total. The van der Waals surface area contributed by atoms with Crippen LogP contribution in [0.3, 0.4) is 0 Å². The van der Waals surface area contributed by atoms with E-state index in [0.717, 1.165) is 6.42 Å². The van der Waals surface area contributed by atoms with Crippen molar-refractivity contribution in [3.05, 3.63) is 5.82 Å². The summed E-state index contributed by atoms with van der Waals surface area (Å²) in [5.74, 6) is 0.663. The van der Waals surface area contributed by atoms with Gasteiger partial charge in [0.15, 0.2) is 5.82 Å². The lowest BCUT2D eigenvalue weighted by atomic mass is 9.99. The fourth-order valence-electron chi connectivity index (χ4n) is 1.49. The highest BCUT2D eigenvalue weighted by Crippen LogP contribution is 2.50. The van der Waals surface area contributed by atoms with Gasteiger partial charge in [-0.3, -0.25) is 0 Å². The van der Waals surface area contributed by atoms with Crippen LogP contribution in [0, 0.1) is 5.41 Å². The molecule has 0 aromatic carbocycles. The Balaban J connectivity index is 2.00. The van der Waals surface area contributed by atoms with Gasteiger partial charge in [-0.25, -0.2) is 0 Å². The van der Waals surface area contributed by atoms with Crippen molar-refractivity contribution in [2.45, 2.75) is 32.2 Å². The summed E-state index contributed by atoms with van der Waals surface area (Å²) in [5, 5.41) is 11.8. The van der Waals surface area contributed by atoms with Gasteiger partial charge in [0.1, 0.15) is 0 Å². The number of hydrogen-bond donors (Lipinski definition) is 1. The number of nitrogens with zero attached hydrogens (tertiary/aromatic N) is 4. The first kappa shape index (κ1) is 8.62. The molecule has 1 aliphatic rings. The molecule has 72 valence electrons. The van der Waals surface area contributed by atoms with Crippen LogP contribution in [-0.2, 0) is 7.05 Å². The van der Waals surface area contributed by atoms with E-state index in [2.05, 4.69) is 22.3 Å². The van der Waals surface area contributed by atoms with E-state index in [1.54, 1.807) is 7.05 Å². The van der Waals surface area contributed by atoms with Crippen molar-refractivity contribution in [2.75, 3.05) is 0 Å². The summed E-state index contributed by atoms with van der Waals surface area (Å²) in [5.41, 5.74) is 6.40. The van der Waals surface area contributed by atoms with E-state index >= 15 is 0 Å². The Kier molecular flexibility index (Phi) is 1.83. The van der Waals surface area contributed by atoms with E-state index in [1.807, 2.05) is 0 Å². The molecular formula is C8H15N5. The molecule has 5 nitrogen and oxygen atoms in total. The maximum Gasteiger partial charge on any atom is 0.191 e. The molecule has 0 saturated heterocycles. The number of hydrogen-bond acceptors (Lipinski definition) is 4. The van der Waals surface area contributed by atoms with Crippen LogP contribution < -0.4 is 5.73 Å². The Morgan fingerprint density at radius 3 is 2.77 bits per heavy atom. The van der Waals surface area contributed by atoms with Crippen LogP contribution in [0.5, 0.6) is 0 Å². The minimum atomic E-state index is -0.0544. The van der Waals surface area contributed by atoms with Crippen LogP contribution in [0.15, 0.2) is 0 Å². The van der Waals surface area contributed by atoms with Gasteiger partial charge >= 0.3 is 0 Å². The van der Waals surface area contributed by atoms with Gasteiger partial charge in [-0.1, -0.05) is 6.92 Å². The number of tetrazole rings is 1. The lowest BCUT2D eigenvalue weighted by Crippen LogP contribution is -2.16. The molecule has 0 amide bonds. The zero-order valence-electron chi connectivity index (χ0n) is 8.06. The van der Waals surface area contributed by atoms with E-state index in [-0.39, 0.29) is 6.04 Å². The summed E-state index contributed by atoms with van der Waals surface area (Å²) < 4.78 is 0. The Morgan fingerprint density at radius 2 is 2.31 bits per heavy atom. The third-order valence-electron chi connectivity index (χ3n) is 2.67. The van der Waals surface area contributed by atoms with Gasteiger partial charge in [-0.15, -0.1) is 10.2 Å². The van der Waals surface area contributed by atoms with Crippen LogP contribution in [-0.4, -0.2) is 20.2 Å². The van der Waals surface area contributed by atoms with Gasteiger partial charge in [0.05, 0.1) is 13.1 Å². The Bertz CT molecular complexity index is 301. The molecule has 1 aliphatic carbocycles. The molecule has 1 unspecified atom stereocenters. The van der Waals surface area contributed by atoms with E-state index in [9.17, 15) is 0 Å². The average molecular weight is 181 g/mol. The van der Waals surface area contributed by atoms with Crippen LogP contribution in [0.4, 0.5) is 0 Å². The quantitative estimate of drug-likeness (QED) is 0.732. The number of nitrogens with two attached hydrogens (primary N) is 1. The minimum Gasteiger partial charge on any atom is -0.321 e. The van der Waals surface area contributed by atoms with Crippen LogP contribution in [0.25, 0.3) is 0 Å². The molecule has 0 spiro atoms. The van der Waals surface area contributed by atoms with Crippen molar-refractivity contribution in [1.82, 2.24) is 20.2 Å². The molecule has 2 rings (SSSR count). The zero-order chi connectivity index (χ0) is 9.47. The lowest BCUT2D eigenvalue weighted by Gasteiger charge is -2.11. The highest BCUT2D eigenvalue weighted by Gasteiger charge is 2.39. The average Bonchev–Trinajstić information content (AvgIpc) is 2.62. The monoisotopic (exact) mass is 181 g/mol. The van der Waals surface area contributed by atoms with Crippen molar-refractivity contribution < 1.29 is 0 Å². The van der Waals surface area contributed by atoms with Crippen molar-refractivity contribution in [3.8, 4) is 0 Å². The van der Waals surface area contributed by atoms with E-state index in [1.165, 1.54) is 17.6 Å². The highest BCUT2D eigenvalue weighted by molar-refractivity contribution is 4.97. The third kappa shape index (κ3) is 1.85. The molecule has 13 heavy (non-hydrogen) atoms. The van der Waals surface area contributed by atoms with Gasteiger partial charge in [-0.2, -0.15) is 4.80 Å². The molecule has 1 heterocycles. The summed E-state index contributed by atoms with van der Waals surface area (Å²) in [6.07, 6.45) is 3.53. The third-order valence-corrected chi connectivity index (χ3v) is 2.67. The molecular weight excluding hydrogens is 166 g/mol. The summed E-state index contributed by atoms with van der Waals surface area (Å²) in [6, 6.07) is -0.0544. The smallest absolute Gasteiger partial charge is 0.191 e. The molecule has 1 saturated carbocycles. The van der Waals surface area contributed by atoms with Crippen LogP contribution in [0.2, 0.25) is 0 Å². The molecule has 0 radical (unpaired) electrons. The summed E-state index contributed by atoms with van der Waals surface area (Å²) >= 11 is 0. The Hall–Kier alpha value is -0.970. The second kappa shape index (κ2) is 2.77. The normalized spacial score (nSPS) is 21.5. The fraction of sp³-hybridized carbons (Fsp3) is 0.875. The number of rotatable bonds is 3. The van der Waals surface area contributed by atoms with Crippen molar-refractivity contribution >= 4 is 0 Å². The van der Waals surface area contributed by atoms with Gasteiger partial charge in [0.2, 0.25) is 0 Å². The second-order valence-electron chi connectivity index (χ2n) is 4.26. The number of aryl methyl sites for hydroxylation is 1. The van der Waals surface area contributed by atoms with Crippen LogP contribution >= 0.6 is 0 Å². The largest absolute Gasteiger partial charge is 0.321 e. The van der Waals surface area contributed by atoms with Crippen molar-refractivity contribution in [2.24, 2.45) is 18.2 Å². The first-order valence-corrected chi connectivity index (χ1v) is 4.59. The van der Waals surface area contributed by atoms with E-state index in [4.69, 9.17) is 5.73 Å². The van der Waals surface area contributed by atoms with Crippen molar-refractivity contribution in [3.63, 3.8) is 0 Å². The zero-order valence-corrected chi connectivity index (χ0v) is 8.06. The summed E-state index contributed by atoms with van der Waals surface area (Å²) in [4.78, 5) is 1.45. The van der Waals surface area contributed by atoms with Gasteiger partial charge in [0.25, 0.3) is 0 Å². The van der Waals surface area contributed by atoms with Crippen molar-refractivity contribution in [1.29, 1.82) is 0 Å². The minimum absolute atomic E-state index is 0.0544. The first-order valence-electron chi connectivity index (χ1n) is 4.59. The molecule has 1 aromatic rings. The SMILES string of the molecule is Cn1nnc(C(N)CC2(C)CC2)n1. The molecule has 0 aliphatic heterocycles. The Morgan fingerprint density at radius 1 is 1.62 bits per heavy atom. The fourth-order valence-corrected chi connectivity index (χ4v) is 1.49. The van der Waals surface area contributed by atoms with Gasteiger partial charge < -0.3 is 5.73 Å². The highest BCUT2D eigenvalue weighted by atomic mass is 15.6. The summed E-state index contributed by atoms with van der Waals surface area (Å²) in [7, 11) is 1.75. The topological polar surface area (TPSA) is 69.6 Å². The second-order valence-corrected chi connectivity index (χ2v) is 4.26. The maximum atomic E-state index is 5.96. The first-order chi connectivity index (χ1) is 6.09. The predicted octanol–water partition coefficient (Wildman–Crippen LogP) is 0.400. The predicted molar refractivity (Wildman–Crippen MR) is 47.7 cm³/mol. The van der Waals surface area contributed by atoms with E-state index < -0.39 is 0 Å².